The number of oxazole rings is 1. The number of allylic oxidation sites excluding steroid dienone is 1. The van der Waals surface area contributed by atoms with Gasteiger partial charge in [0.2, 0.25) is 0 Å². The van der Waals surface area contributed by atoms with Crippen LogP contribution in [0.15, 0.2) is 77.2 Å². The Kier molecular flexibility index (Phi) is 5.64. The first-order valence-corrected chi connectivity index (χ1v) is 12.2. The number of fused-ring (bicyclic) bond motifs is 1. The Morgan fingerprint density at radius 1 is 1.00 bits per heavy atom. The zero-order valence-corrected chi connectivity index (χ0v) is 19.6. The number of nitrogens with one attached hydrogen (secondary N) is 1. The molecule has 0 amide bonds. The number of carbonyl (C=O) groups is 1. The molecule has 5 nitrogen and oxygen atoms in total. The van der Waals surface area contributed by atoms with Crippen molar-refractivity contribution in [2.75, 3.05) is 11.9 Å². The lowest BCUT2D eigenvalue weighted by atomic mass is 9.75. The van der Waals surface area contributed by atoms with Crippen molar-refractivity contribution >= 4 is 18.1 Å². The van der Waals surface area contributed by atoms with Gasteiger partial charge in [0.25, 0.3) is 6.01 Å². The van der Waals surface area contributed by atoms with Crippen LogP contribution in [0.5, 0.6) is 0 Å². The molecule has 0 atom stereocenters. The molecule has 1 fully saturated rings. The standard InChI is InChI=1S/C30H25FN2O3/c31-24-13-11-20(12-14-24)19-7-9-22(10-8-19)27-28(26-6-2-4-21-3-1-5-25(21)26)36-30(33-27)32-17-18-15-23(16-18)29(34)35/h1-2,4-14,18,23H,3,15-17H2,(H,32,33)(H,34,35). The topological polar surface area (TPSA) is 75.4 Å². The highest BCUT2D eigenvalue weighted by Gasteiger charge is 2.34. The molecular weight excluding hydrogens is 455 g/mol. The van der Waals surface area contributed by atoms with E-state index in [-0.39, 0.29) is 11.7 Å². The number of nitrogens with zero attached hydrogens (tertiary/aromatic N) is 1. The van der Waals surface area contributed by atoms with Gasteiger partial charge in [0, 0.05) is 17.7 Å². The number of hydrogen-bond acceptors (Lipinski definition) is 4. The summed E-state index contributed by atoms with van der Waals surface area (Å²) in [4.78, 5) is 15.9. The fourth-order valence-corrected chi connectivity index (χ4v) is 5.06. The fourth-order valence-electron chi connectivity index (χ4n) is 5.06. The van der Waals surface area contributed by atoms with Crippen molar-refractivity contribution in [1.29, 1.82) is 0 Å². The molecule has 0 unspecified atom stereocenters. The van der Waals surface area contributed by atoms with Crippen LogP contribution < -0.4 is 5.32 Å². The van der Waals surface area contributed by atoms with E-state index in [4.69, 9.17) is 14.5 Å². The Morgan fingerprint density at radius 3 is 2.42 bits per heavy atom. The SMILES string of the molecule is O=C(O)C1CC(CNc2nc(-c3ccc(-c4ccc(F)cc4)cc3)c(-c3cccc4c3C=CC4)o2)C1. The monoisotopic (exact) mass is 480 g/mol. The first-order valence-electron chi connectivity index (χ1n) is 12.2. The molecule has 1 heterocycles. The maximum absolute atomic E-state index is 13.3. The van der Waals surface area contributed by atoms with Crippen LogP contribution in [0.3, 0.4) is 0 Å². The molecule has 2 aliphatic rings. The van der Waals surface area contributed by atoms with Crippen LogP contribution >= 0.6 is 0 Å². The lowest BCUT2D eigenvalue weighted by Crippen LogP contribution is -2.34. The van der Waals surface area contributed by atoms with E-state index in [9.17, 15) is 9.18 Å². The number of hydrogen-bond donors (Lipinski definition) is 2. The second-order valence-corrected chi connectivity index (χ2v) is 9.52. The van der Waals surface area contributed by atoms with Crippen LogP contribution in [0.1, 0.15) is 24.0 Å². The van der Waals surface area contributed by atoms with E-state index >= 15 is 0 Å². The van der Waals surface area contributed by atoms with E-state index in [1.807, 2.05) is 30.3 Å². The predicted molar refractivity (Wildman–Crippen MR) is 138 cm³/mol. The summed E-state index contributed by atoms with van der Waals surface area (Å²) in [6.07, 6.45) is 6.52. The molecule has 1 saturated carbocycles. The molecule has 1 aromatic heterocycles. The van der Waals surface area contributed by atoms with Gasteiger partial charge in [-0.25, -0.2) is 4.39 Å². The van der Waals surface area contributed by atoms with Gasteiger partial charge in [-0.3, -0.25) is 4.79 Å². The van der Waals surface area contributed by atoms with Crippen molar-refractivity contribution in [1.82, 2.24) is 4.98 Å². The first kappa shape index (κ1) is 22.3. The number of carboxylic acids is 1. The molecular formula is C30H25FN2O3. The third-order valence-electron chi connectivity index (χ3n) is 7.15. The Hall–Kier alpha value is -4.19. The van der Waals surface area contributed by atoms with Gasteiger partial charge >= 0.3 is 5.97 Å². The smallest absolute Gasteiger partial charge is 0.306 e. The predicted octanol–water partition coefficient (Wildman–Crippen LogP) is 6.91. The van der Waals surface area contributed by atoms with Gasteiger partial charge < -0.3 is 14.8 Å². The molecule has 2 aliphatic carbocycles. The van der Waals surface area contributed by atoms with E-state index in [2.05, 4.69) is 29.6 Å². The highest BCUT2D eigenvalue weighted by molar-refractivity contribution is 5.85. The van der Waals surface area contributed by atoms with Gasteiger partial charge in [0.15, 0.2) is 5.76 Å². The van der Waals surface area contributed by atoms with Gasteiger partial charge in [-0.05, 0) is 59.6 Å². The molecule has 36 heavy (non-hydrogen) atoms. The van der Waals surface area contributed by atoms with E-state index in [1.54, 1.807) is 12.1 Å². The van der Waals surface area contributed by atoms with Crippen molar-refractivity contribution in [3.05, 3.63) is 89.8 Å². The maximum atomic E-state index is 13.3. The molecule has 3 aromatic carbocycles. The summed E-state index contributed by atoms with van der Waals surface area (Å²) in [7, 11) is 0. The molecule has 0 spiro atoms. The molecule has 0 bridgehead atoms. The molecule has 0 aliphatic heterocycles. The number of rotatable bonds is 7. The maximum Gasteiger partial charge on any atom is 0.306 e. The number of anilines is 1. The van der Waals surface area contributed by atoms with Gasteiger partial charge in [-0.1, -0.05) is 66.7 Å². The third-order valence-corrected chi connectivity index (χ3v) is 7.15. The lowest BCUT2D eigenvalue weighted by molar-refractivity contribution is -0.146. The van der Waals surface area contributed by atoms with E-state index in [1.165, 1.54) is 17.7 Å². The van der Waals surface area contributed by atoms with Gasteiger partial charge in [-0.2, -0.15) is 4.98 Å². The van der Waals surface area contributed by atoms with Gasteiger partial charge in [0.05, 0.1) is 5.92 Å². The number of benzene rings is 3. The number of halogens is 1. The van der Waals surface area contributed by atoms with Crippen LogP contribution in [-0.2, 0) is 11.2 Å². The Balaban J connectivity index is 1.32. The molecule has 180 valence electrons. The van der Waals surface area contributed by atoms with Crippen LogP contribution in [-0.4, -0.2) is 22.6 Å². The van der Waals surface area contributed by atoms with Crippen molar-refractivity contribution in [2.45, 2.75) is 19.3 Å². The zero-order chi connectivity index (χ0) is 24.6. The summed E-state index contributed by atoms with van der Waals surface area (Å²) < 4.78 is 19.6. The van der Waals surface area contributed by atoms with Crippen molar-refractivity contribution in [3.8, 4) is 33.7 Å². The largest absolute Gasteiger partial charge is 0.481 e. The molecule has 6 heteroatoms. The Bertz CT molecular complexity index is 1450. The summed E-state index contributed by atoms with van der Waals surface area (Å²) in [5.74, 6) is -0.225. The summed E-state index contributed by atoms with van der Waals surface area (Å²) in [6, 6.07) is 21.1. The zero-order valence-electron chi connectivity index (χ0n) is 19.6. The minimum atomic E-state index is -0.720. The van der Waals surface area contributed by atoms with E-state index in [0.29, 0.717) is 37.1 Å². The van der Waals surface area contributed by atoms with Crippen LogP contribution in [0.2, 0.25) is 0 Å². The average Bonchev–Trinajstić information content (AvgIpc) is 3.51. The second kappa shape index (κ2) is 9.11. The summed E-state index contributed by atoms with van der Waals surface area (Å²) >= 11 is 0. The molecule has 0 radical (unpaired) electrons. The third kappa shape index (κ3) is 4.19. The molecule has 2 N–H and O–H groups in total. The minimum absolute atomic E-state index is 0.245. The molecule has 4 aromatic rings. The number of aliphatic carboxylic acids is 1. The molecule has 6 rings (SSSR count). The fraction of sp³-hybridized carbons (Fsp3) is 0.200. The highest BCUT2D eigenvalue weighted by Crippen LogP contribution is 2.40. The normalized spacial score (nSPS) is 18.0. The summed E-state index contributed by atoms with van der Waals surface area (Å²) in [5, 5.41) is 12.4. The Morgan fingerprint density at radius 2 is 1.69 bits per heavy atom. The van der Waals surface area contributed by atoms with Crippen LogP contribution in [0.4, 0.5) is 10.4 Å². The highest BCUT2D eigenvalue weighted by atomic mass is 19.1. The van der Waals surface area contributed by atoms with Crippen LogP contribution in [0, 0.1) is 17.7 Å². The quantitative estimate of drug-likeness (QED) is 0.301. The summed E-state index contributed by atoms with van der Waals surface area (Å²) in [5.41, 5.74) is 6.99. The van der Waals surface area contributed by atoms with Gasteiger partial charge in [-0.15, -0.1) is 0 Å². The van der Waals surface area contributed by atoms with Crippen LogP contribution in [0.25, 0.3) is 39.8 Å². The van der Waals surface area contributed by atoms with E-state index in [0.717, 1.165) is 39.9 Å². The Labute approximate surface area is 208 Å². The van der Waals surface area contributed by atoms with Crippen molar-refractivity contribution in [3.63, 3.8) is 0 Å². The van der Waals surface area contributed by atoms with Crippen molar-refractivity contribution in [2.24, 2.45) is 11.8 Å². The first-order chi connectivity index (χ1) is 17.5. The second-order valence-electron chi connectivity index (χ2n) is 9.52. The lowest BCUT2D eigenvalue weighted by Gasteiger charge is -2.31. The van der Waals surface area contributed by atoms with E-state index < -0.39 is 5.97 Å². The van der Waals surface area contributed by atoms with Crippen molar-refractivity contribution < 1.29 is 18.7 Å². The molecule has 0 saturated heterocycles. The summed E-state index contributed by atoms with van der Waals surface area (Å²) in [6.45, 7) is 0.624. The van der Waals surface area contributed by atoms with Gasteiger partial charge in [0.1, 0.15) is 11.5 Å². The number of carboxylic acid groups (broad SMARTS) is 1. The number of aromatic nitrogens is 1. The average molecular weight is 481 g/mol. The minimum Gasteiger partial charge on any atom is -0.481 e.